The van der Waals surface area contributed by atoms with E-state index in [4.69, 9.17) is 27.9 Å². The second kappa shape index (κ2) is 9.97. The molecule has 0 spiro atoms. The fourth-order valence-corrected chi connectivity index (χ4v) is 4.79. The summed E-state index contributed by atoms with van der Waals surface area (Å²) in [6.07, 6.45) is 3.78. The van der Waals surface area contributed by atoms with Crippen LogP contribution in [0, 0.1) is 5.92 Å². The second-order valence-corrected chi connectivity index (χ2v) is 8.97. The zero-order chi connectivity index (χ0) is 22.7. The molecule has 1 amide bonds. The van der Waals surface area contributed by atoms with Crippen LogP contribution in [0.1, 0.15) is 43.2 Å². The van der Waals surface area contributed by atoms with Gasteiger partial charge >= 0.3 is 5.97 Å². The highest BCUT2D eigenvalue weighted by molar-refractivity contribution is 6.42. The quantitative estimate of drug-likeness (QED) is 0.461. The van der Waals surface area contributed by atoms with Gasteiger partial charge in [0.2, 0.25) is 5.91 Å². The van der Waals surface area contributed by atoms with Crippen molar-refractivity contribution in [1.29, 1.82) is 0 Å². The van der Waals surface area contributed by atoms with Crippen molar-refractivity contribution in [3.63, 3.8) is 0 Å². The molecular formula is C25H26Cl2N2O3. The number of fused-ring (bicyclic) bond motifs is 1. The molecule has 0 radical (unpaired) electrons. The lowest BCUT2D eigenvalue weighted by molar-refractivity contribution is -0.151. The number of nitrogens with one attached hydrogen (secondary N) is 1. The third-order valence-corrected chi connectivity index (χ3v) is 6.85. The Morgan fingerprint density at radius 2 is 2.00 bits per heavy atom. The maximum Gasteiger partial charge on any atom is 0.310 e. The van der Waals surface area contributed by atoms with Crippen molar-refractivity contribution in [1.82, 2.24) is 9.88 Å². The number of aromatic nitrogens is 1. The Kier molecular flexibility index (Phi) is 7.07. The van der Waals surface area contributed by atoms with Crippen LogP contribution in [-0.2, 0) is 14.3 Å². The minimum atomic E-state index is -0.260. The number of H-pyrrole nitrogens is 1. The number of carbonyl (C=O) groups is 2. The summed E-state index contributed by atoms with van der Waals surface area (Å²) < 4.78 is 5.18. The van der Waals surface area contributed by atoms with Crippen LogP contribution in [-0.4, -0.2) is 41.5 Å². The second-order valence-electron chi connectivity index (χ2n) is 8.15. The Bertz CT molecular complexity index is 1130. The number of aromatic amines is 1. The van der Waals surface area contributed by atoms with E-state index in [1.165, 1.54) is 0 Å². The maximum atomic E-state index is 13.4. The van der Waals surface area contributed by atoms with Crippen LogP contribution in [0.2, 0.25) is 10.0 Å². The number of likely N-dealkylation sites (tertiary alicyclic amines) is 1. The van der Waals surface area contributed by atoms with Gasteiger partial charge in [0, 0.05) is 42.5 Å². The van der Waals surface area contributed by atoms with Gasteiger partial charge in [0.1, 0.15) is 0 Å². The standard InChI is InChI=1S/C25H26Cl2N2O3/c1-2-32-25(31)17-6-5-11-29(15-17)24(30)13-19(16-9-10-21(26)22(27)12-16)20-14-28-23-8-4-3-7-18(20)23/h3-4,7-10,12,14,17,19,28H,2,5-6,11,13,15H2,1H3/t17-,19-/m0/s1. The van der Waals surface area contributed by atoms with Crippen molar-refractivity contribution in [3.05, 3.63) is 69.8 Å². The zero-order valence-corrected chi connectivity index (χ0v) is 19.5. The molecule has 2 heterocycles. The number of esters is 1. The van der Waals surface area contributed by atoms with E-state index in [0.717, 1.165) is 34.9 Å². The normalized spacial score (nSPS) is 17.3. The van der Waals surface area contributed by atoms with Gasteiger partial charge in [-0.2, -0.15) is 0 Å². The van der Waals surface area contributed by atoms with Gasteiger partial charge in [-0.25, -0.2) is 0 Å². The van der Waals surface area contributed by atoms with Gasteiger partial charge in [0.15, 0.2) is 0 Å². The van der Waals surface area contributed by atoms with Gasteiger partial charge in [-0.05, 0) is 49.1 Å². The van der Waals surface area contributed by atoms with Crippen LogP contribution in [0.15, 0.2) is 48.7 Å². The minimum Gasteiger partial charge on any atom is -0.466 e. The van der Waals surface area contributed by atoms with Gasteiger partial charge in [-0.15, -0.1) is 0 Å². The summed E-state index contributed by atoms with van der Waals surface area (Å²) in [5.41, 5.74) is 2.98. The molecule has 2 aromatic carbocycles. The fraction of sp³-hybridized carbons (Fsp3) is 0.360. The van der Waals surface area contributed by atoms with Gasteiger partial charge in [0.25, 0.3) is 0 Å². The molecule has 0 unspecified atom stereocenters. The van der Waals surface area contributed by atoms with E-state index in [1.807, 2.05) is 42.6 Å². The molecule has 0 saturated carbocycles. The van der Waals surface area contributed by atoms with Crippen LogP contribution >= 0.6 is 23.2 Å². The Morgan fingerprint density at radius 3 is 2.78 bits per heavy atom. The first kappa shape index (κ1) is 22.7. The average molecular weight is 473 g/mol. The Labute approximate surface area is 197 Å². The van der Waals surface area contributed by atoms with Crippen molar-refractivity contribution < 1.29 is 14.3 Å². The lowest BCUT2D eigenvalue weighted by atomic mass is 9.87. The molecule has 0 aliphatic carbocycles. The lowest BCUT2D eigenvalue weighted by Gasteiger charge is -2.32. The molecule has 0 bridgehead atoms. The largest absolute Gasteiger partial charge is 0.466 e. The summed E-state index contributed by atoms with van der Waals surface area (Å²) in [4.78, 5) is 30.7. The van der Waals surface area contributed by atoms with Crippen molar-refractivity contribution >= 4 is 46.0 Å². The smallest absolute Gasteiger partial charge is 0.310 e. The number of ether oxygens (including phenoxy) is 1. The minimum absolute atomic E-state index is 0.0142. The van der Waals surface area contributed by atoms with Crippen LogP contribution < -0.4 is 0 Å². The molecule has 1 aliphatic heterocycles. The molecular weight excluding hydrogens is 447 g/mol. The number of nitrogens with zero attached hydrogens (tertiary/aromatic N) is 1. The summed E-state index contributed by atoms with van der Waals surface area (Å²) >= 11 is 12.5. The average Bonchev–Trinajstić information content (AvgIpc) is 3.23. The Hall–Kier alpha value is -2.50. The highest BCUT2D eigenvalue weighted by Crippen LogP contribution is 2.36. The molecule has 168 valence electrons. The molecule has 5 nitrogen and oxygen atoms in total. The summed E-state index contributed by atoms with van der Waals surface area (Å²) in [6.45, 7) is 3.20. The summed E-state index contributed by atoms with van der Waals surface area (Å²) in [5, 5.41) is 2.01. The van der Waals surface area contributed by atoms with E-state index in [-0.39, 0.29) is 30.1 Å². The van der Waals surface area contributed by atoms with E-state index < -0.39 is 0 Å². The van der Waals surface area contributed by atoms with E-state index in [1.54, 1.807) is 17.9 Å². The third kappa shape index (κ3) is 4.79. The molecule has 1 saturated heterocycles. The highest BCUT2D eigenvalue weighted by atomic mass is 35.5. The lowest BCUT2D eigenvalue weighted by Crippen LogP contribution is -2.43. The van der Waals surface area contributed by atoms with Crippen molar-refractivity contribution in [2.24, 2.45) is 5.92 Å². The van der Waals surface area contributed by atoms with Gasteiger partial charge < -0.3 is 14.6 Å². The predicted octanol–water partition coefficient (Wildman–Crippen LogP) is 5.80. The van der Waals surface area contributed by atoms with Crippen molar-refractivity contribution in [3.8, 4) is 0 Å². The zero-order valence-electron chi connectivity index (χ0n) is 17.9. The van der Waals surface area contributed by atoms with Crippen molar-refractivity contribution in [2.75, 3.05) is 19.7 Å². The monoisotopic (exact) mass is 472 g/mol. The first-order valence-corrected chi connectivity index (χ1v) is 11.7. The first-order chi connectivity index (χ1) is 15.5. The number of hydrogen-bond donors (Lipinski definition) is 1. The number of benzene rings is 2. The van der Waals surface area contributed by atoms with Gasteiger partial charge in [0.05, 0.1) is 22.6 Å². The van der Waals surface area contributed by atoms with E-state index >= 15 is 0 Å². The highest BCUT2D eigenvalue weighted by Gasteiger charge is 2.31. The SMILES string of the molecule is CCOC(=O)[C@H]1CCCN(C(=O)C[C@@H](c2ccc(Cl)c(Cl)c2)c2c[nH]c3ccccc23)C1. The maximum absolute atomic E-state index is 13.4. The number of rotatable bonds is 6. The van der Waals surface area contributed by atoms with Gasteiger partial charge in [-0.1, -0.05) is 47.5 Å². The van der Waals surface area contributed by atoms with Gasteiger partial charge in [-0.3, -0.25) is 9.59 Å². The molecule has 4 rings (SSSR count). The number of carbonyl (C=O) groups excluding carboxylic acids is 2. The predicted molar refractivity (Wildman–Crippen MR) is 127 cm³/mol. The van der Waals surface area contributed by atoms with Crippen LogP contribution in [0.3, 0.4) is 0 Å². The summed E-state index contributed by atoms with van der Waals surface area (Å²) in [6, 6.07) is 13.6. The fourth-order valence-electron chi connectivity index (χ4n) is 4.48. The van der Waals surface area contributed by atoms with Crippen LogP contribution in [0.4, 0.5) is 0 Å². The Balaban J connectivity index is 1.62. The summed E-state index contributed by atoms with van der Waals surface area (Å²) in [7, 11) is 0. The number of hydrogen-bond acceptors (Lipinski definition) is 3. The van der Waals surface area contributed by atoms with Crippen LogP contribution in [0.25, 0.3) is 10.9 Å². The van der Waals surface area contributed by atoms with E-state index in [9.17, 15) is 9.59 Å². The molecule has 2 atom stereocenters. The molecule has 1 fully saturated rings. The molecule has 3 aromatic rings. The Morgan fingerprint density at radius 1 is 1.19 bits per heavy atom. The number of para-hydroxylation sites is 1. The van der Waals surface area contributed by atoms with E-state index in [0.29, 0.717) is 29.7 Å². The van der Waals surface area contributed by atoms with E-state index in [2.05, 4.69) is 4.98 Å². The molecule has 7 heteroatoms. The number of piperidine rings is 1. The van der Waals surface area contributed by atoms with Crippen LogP contribution in [0.5, 0.6) is 0 Å². The molecule has 1 N–H and O–H groups in total. The number of amides is 1. The molecule has 1 aliphatic rings. The van der Waals surface area contributed by atoms with Crippen molar-refractivity contribution in [2.45, 2.75) is 32.1 Å². The first-order valence-electron chi connectivity index (χ1n) is 10.9. The summed E-state index contributed by atoms with van der Waals surface area (Å²) in [5.74, 6) is -0.663. The topological polar surface area (TPSA) is 62.4 Å². The third-order valence-electron chi connectivity index (χ3n) is 6.12. The molecule has 32 heavy (non-hydrogen) atoms. The number of halogens is 2. The molecule has 1 aromatic heterocycles.